The third-order valence-corrected chi connectivity index (χ3v) is 1.44. The quantitative estimate of drug-likeness (QED) is 0.411. The van der Waals surface area contributed by atoms with Gasteiger partial charge in [-0.1, -0.05) is 0 Å². The maximum Gasteiger partial charge on any atom is 0.249 e. The van der Waals surface area contributed by atoms with Gasteiger partial charge in [0.05, 0.1) is 6.04 Å². The molecule has 0 aromatic carbocycles. The van der Waals surface area contributed by atoms with Crippen LogP contribution in [0.15, 0.2) is 11.6 Å². The minimum atomic E-state index is -0.122. The number of hydrogen-bond donors (Lipinski definition) is 1. The van der Waals surface area contributed by atoms with Crippen molar-refractivity contribution in [3.8, 4) is 0 Å². The van der Waals surface area contributed by atoms with E-state index in [-0.39, 0.29) is 17.7 Å². The summed E-state index contributed by atoms with van der Waals surface area (Å²) >= 11 is 0. The molecule has 0 aromatic heterocycles. The smallest absolute Gasteiger partial charge is 0.249 e. The number of rotatable bonds is 1. The zero-order valence-electron chi connectivity index (χ0n) is 5.97. The number of carbonyl (C=O) groups is 2. The van der Waals surface area contributed by atoms with Gasteiger partial charge >= 0.3 is 0 Å². The van der Waals surface area contributed by atoms with Crippen LogP contribution in [-0.2, 0) is 9.59 Å². The second-order valence-electron chi connectivity index (χ2n) is 2.41. The molecule has 1 aliphatic rings. The lowest BCUT2D eigenvalue weighted by Crippen LogP contribution is -2.49. The molecule has 3 nitrogen and oxygen atoms in total. The molecule has 0 aliphatic carbocycles. The molecule has 1 unspecified atom stereocenters. The molecule has 1 rings (SSSR count). The van der Waals surface area contributed by atoms with Crippen molar-refractivity contribution < 1.29 is 9.59 Å². The van der Waals surface area contributed by atoms with Crippen LogP contribution in [-0.4, -0.2) is 17.7 Å². The molecule has 0 bridgehead atoms. The lowest BCUT2D eigenvalue weighted by molar-refractivity contribution is -0.122. The molecule has 1 atom stereocenters. The minimum absolute atomic E-state index is 0.0522. The van der Waals surface area contributed by atoms with Crippen molar-refractivity contribution in [3.05, 3.63) is 11.6 Å². The molecule has 1 amide bonds. The molecule has 3 heteroatoms. The predicted molar refractivity (Wildman–Crippen MR) is 36.4 cm³/mol. The summed E-state index contributed by atoms with van der Waals surface area (Å²) in [6.45, 7) is 3.28. The molecule has 1 fully saturated rings. The van der Waals surface area contributed by atoms with E-state index >= 15 is 0 Å². The zero-order chi connectivity index (χ0) is 7.72. The van der Waals surface area contributed by atoms with Gasteiger partial charge in [0.1, 0.15) is 0 Å². The van der Waals surface area contributed by atoms with Gasteiger partial charge in [0.2, 0.25) is 5.91 Å². The second kappa shape index (κ2) is 2.25. The Bertz CT molecular complexity index is 218. The topological polar surface area (TPSA) is 46.2 Å². The Morgan fingerprint density at radius 3 is 2.50 bits per heavy atom. The summed E-state index contributed by atoms with van der Waals surface area (Å²) in [7, 11) is 0. The largest absolute Gasteiger partial charge is 0.346 e. The van der Waals surface area contributed by atoms with Crippen LogP contribution in [0.5, 0.6) is 0 Å². The SMILES string of the molecule is CC(=O)/C=C1/C(=O)NC1C. The van der Waals surface area contributed by atoms with E-state index in [0.717, 1.165) is 0 Å². The summed E-state index contributed by atoms with van der Waals surface area (Å²) in [5.74, 6) is -0.195. The van der Waals surface area contributed by atoms with Crippen molar-refractivity contribution in [1.29, 1.82) is 0 Å². The first-order valence-electron chi connectivity index (χ1n) is 3.14. The molecule has 1 saturated heterocycles. The molecule has 0 saturated carbocycles. The monoisotopic (exact) mass is 139 g/mol. The first-order valence-corrected chi connectivity index (χ1v) is 3.14. The van der Waals surface area contributed by atoms with Crippen LogP contribution in [0.2, 0.25) is 0 Å². The van der Waals surface area contributed by atoms with Crippen molar-refractivity contribution in [3.63, 3.8) is 0 Å². The van der Waals surface area contributed by atoms with E-state index in [1.807, 2.05) is 6.92 Å². The molecule has 1 heterocycles. The van der Waals surface area contributed by atoms with E-state index in [1.54, 1.807) is 0 Å². The number of amides is 1. The maximum atomic E-state index is 10.6. The van der Waals surface area contributed by atoms with Crippen molar-refractivity contribution in [2.45, 2.75) is 19.9 Å². The van der Waals surface area contributed by atoms with Crippen molar-refractivity contribution >= 4 is 11.7 Å². The van der Waals surface area contributed by atoms with Gasteiger partial charge in [-0.2, -0.15) is 0 Å². The molecule has 0 aromatic rings. The Morgan fingerprint density at radius 2 is 2.30 bits per heavy atom. The van der Waals surface area contributed by atoms with Gasteiger partial charge in [-0.15, -0.1) is 0 Å². The number of nitrogens with one attached hydrogen (secondary N) is 1. The van der Waals surface area contributed by atoms with Crippen LogP contribution < -0.4 is 5.32 Å². The fourth-order valence-corrected chi connectivity index (χ4v) is 0.886. The first kappa shape index (κ1) is 6.99. The number of carbonyl (C=O) groups excluding carboxylic acids is 2. The Labute approximate surface area is 59.1 Å². The minimum Gasteiger partial charge on any atom is -0.346 e. The number of hydrogen-bond acceptors (Lipinski definition) is 2. The van der Waals surface area contributed by atoms with Crippen LogP contribution in [0.1, 0.15) is 13.8 Å². The average Bonchev–Trinajstić information content (AvgIpc) is 1.84. The van der Waals surface area contributed by atoms with Crippen LogP contribution in [0.25, 0.3) is 0 Å². The van der Waals surface area contributed by atoms with Crippen LogP contribution in [0, 0.1) is 0 Å². The Kier molecular flexibility index (Phi) is 1.57. The number of allylic oxidation sites excluding steroid dienone is 1. The van der Waals surface area contributed by atoms with Crippen molar-refractivity contribution in [1.82, 2.24) is 5.32 Å². The van der Waals surface area contributed by atoms with E-state index in [0.29, 0.717) is 5.57 Å². The molecule has 10 heavy (non-hydrogen) atoms. The summed E-state index contributed by atoms with van der Waals surface area (Å²) in [6, 6.07) is 0.0522. The van der Waals surface area contributed by atoms with Gasteiger partial charge < -0.3 is 5.32 Å². The summed E-state index contributed by atoms with van der Waals surface area (Å²) in [6.07, 6.45) is 1.38. The summed E-state index contributed by atoms with van der Waals surface area (Å²) in [5.41, 5.74) is 0.590. The van der Waals surface area contributed by atoms with Gasteiger partial charge in [0.15, 0.2) is 5.78 Å². The number of β-lactam (4-membered cyclic amide) rings is 1. The highest BCUT2D eigenvalue weighted by Crippen LogP contribution is 2.11. The fourth-order valence-electron chi connectivity index (χ4n) is 0.886. The van der Waals surface area contributed by atoms with E-state index < -0.39 is 0 Å². The van der Waals surface area contributed by atoms with Crippen molar-refractivity contribution in [2.24, 2.45) is 0 Å². The summed E-state index contributed by atoms with van der Waals surface area (Å²) < 4.78 is 0. The highest BCUT2D eigenvalue weighted by molar-refractivity contribution is 6.06. The molecule has 1 N–H and O–H groups in total. The lowest BCUT2D eigenvalue weighted by Gasteiger charge is -2.26. The van der Waals surface area contributed by atoms with Gasteiger partial charge in [-0.05, 0) is 19.9 Å². The standard InChI is InChI=1S/C7H9NO2/c1-4(9)3-6-5(2)8-7(6)10/h3,5H,1-2H3,(H,8,10)/b6-3+. The molecular weight excluding hydrogens is 130 g/mol. The average molecular weight is 139 g/mol. The van der Waals surface area contributed by atoms with E-state index in [4.69, 9.17) is 0 Å². The van der Waals surface area contributed by atoms with Crippen LogP contribution in [0.4, 0.5) is 0 Å². The van der Waals surface area contributed by atoms with Gasteiger partial charge in [-0.3, -0.25) is 9.59 Å². The third kappa shape index (κ3) is 1.07. The van der Waals surface area contributed by atoms with Crippen LogP contribution >= 0.6 is 0 Å². The van der Waals surface area contributed by atoms with E-state index in [2.05, 4.69) is 5.32 Å². The number of ketones is 1. The van der Waals surface area contributed by atoms with Gasteiger partial charge in [-0.25, -0.2) is 0 Å². The second-order valence-corrected chi connectivity index (χ2v) is 2.41. The summed E-state index contributed by atoms with van der Waals surface area (Å²) in [4.78, 5) is 21.1. The van der Waals surface area contributed by atoms with E-state index in [1.165, 1.54) is 13.0 Å². The molecule has 0 spiro atoms. The highest BCUT2D eigenvalue weighted by Gasteiger charge is 2.28. The molecule has 0 radical (unpaired) electrons. The third-order valence-electron chi connectivity index (χ3n) is 1.44. The first-order chi connectivity index (χ1) is 4.61. The molecule has 1 aliphatic heterocycles. The van der Waals surface area contributed by atoms with Crippen LogP contribution in [0.3, 0.4) is 0 Å². The predicted octanol–water partition coefficient (Wildman–Crippen LogP) is 0.0201. The molecular formula is C7H9NO2. The lowest BCUT2D eigenvalue weighted by atomic mass is 9.99. The maximum absolute atomic E-state index is 10.6. The zero-order valence-corrected chi connectivity index (χ0v) is 5.97. The Balaban J connectivity index is 2.72. The van der Waals surface area contributed by atoms with Gasteiger partial charge in [0.25, 0.3) is 0 Å². The summed E-state index contributed by atoms with van der Waals surface area (Å²) in [5, 5.41) is 2.60. The Morgan fingerprint density at radius 1 is 1.70 bits per heavy atom. The van der Waals surface area contributed by atoms with E-state index in [9.17, 15) is 9.59 Å². The highest BCUT2D eigenvalue weighted by atomic mass is 16.2. The normalized spacial score (nSPS) is 27.6. The van der Waals surface area contributed by atoms with Gasteiger partial charge in [0, 0.05) is 5.57 Å². The Hall–Kier alpha value is -1.12. The fraction of sp³-hybridized carbons (Fsp3) is 0.429. The van der Waals surface area contributed by atoms with Crippen molar-refractivity contribution in [2.75, 3.05) is 0 Å². The molecule has 54 valence electrons.